The predicted molar refractivity (Wildman–Crippen MR) is 88.1 cm³/mol. The van der Waals surface area contributed by atoms with E-state index in [1.54, 1.807) is 6.92 Å². The number of rotatable bonds is 8. The maximum atomic E-state index is 12.2. The van der Waals surface area contributed by atoms with Crippen LogP contribution in [0.5, 0.6) is 0 Å². The normalized spacial score (nSPS) is 18.8. The van der Waals surface area contributed by atoms with E-state index >= 15 is 0 Å². The number of allylic oxidation sites excluding steroid dienone is 1. The number of ketones is 2. The van der Waals surface area contributed by atoms with Crippen LogP contribution in [0.1, 0.15) is 59.8 Å². The van der Waals surface area contributed by atoms with Crippen LogP contribution in [0.15, 0.2) is 12.3 Å². The van der Waals surface area contributed by atoms with Gasteiger partial charge in [0.15, 0.2) is 5.78 Å². The van der Waals surface area contributed by atoms with Crippen LogP contribution in [0.2, 0.25) is 0 Å². The zero-order valence-electron chi connectivity index (χ0n) is 14.4. The van der Waals surface area contributed by atoms with E-state index in [0.29, 0.717) is 31.4 Å². The van der Waals surface area contributed by atoms with Gasteiger partial charge in [-0.3, -0.25) is 14.4 Å². The minimum atomic E-state index is -0.628. The average molecular weight is 310 g/mol. The van der Waals surface area contributed by atoms with E-state index in [-0.39, 0.29) is 36.4 Å². The Morgan fingerprint density at radius 3 is 2.36 bits per heavy atom. The van der Waals surface area contributed by atoms with Gasteiger partial charge in [0.05, 0.1) is 0 Å². The van der Waals surface area contributed by atoms with Crippen LogP contribution in [0, 0.1) is 5.92 Å². The number of Topliss-reactive ketones (excluding diaryl/α,β-unsaturated/α-hetero) is 2. The zero-order chi connectivity index (χ0) is 17.3. The molecule has 5 heteroatoms. The van der Waals surface area contributed by atoms with Gasteiger partial charge in [-0.2, -0.15) is 0 Å². The molecular weight excluding hydrogens is 280 g/mol. The molecule has 0 aromatic carbocycles. The van der Waals surface area contributed by atoms with Crippen molar-refractivity contribution in [3.8, 4) is 0 Å². The Bertz CT molecular complexity index is 418. The third-order valence-corrected chi connectivity index (χ3v) is 3.81. The highest BCUT2D eigenvalue weighted by atomic mass is 16.2. The minimum Gasteiger partial charge on any atom is -0.328 e. The molecule has 22 heavy (non-hydrogen) atoms. The Morgan fingerprint density at radius 2 is 1.95 bits per heavy atom. The molecule has 5 nitrogen and oxygen atoms in total. The van der Waals surface area contributed by atoms with Crippen LogP contribution in [0.4, 0.5) is 0 Å². The molecule has 1 aliphatic heterocycles. The summed E-state index contributed by atoms with van der Waals surface area (Å²) in [5.74, 6) is 0.0411. The highest BCUT2D eigenvalue weighted by Crippen LogP contribution is 2.29. The van der Waals surface area contributed by atoms with Crippen LogP contribution in [-0.2, 0) is 14.4 Å². The lowest BCUT2D eigenvalue weighted by Crippen LogP contribution is -2.46. The van der Waals surface area contributed by atoms with Gasteiger partial charge >= 0.3 is 0 Å². The lowest BCUT2D eigenvalue weighted by Gasteiger charge is -2.27. The molecule has 1 heterocycles. The molecule has 1 rings (SSSR count). The molecule has 1 amide bonds. The summed E-state index contributed by atoms with van der Waals surface area (Å²) in [6.45, 7) is 11.7. The van der Waals surface area contributed by atoms with E-state index in [0.717, 1.165) is 0 Å². The Morgan fingerprint density at radius 1 is 1.36 bits per heavy atom. The quantitative estimate of drug-likeness (QED) is 0.746. The van der Waals surface area contributed by atoms with Gasteiger partial charge in [0, 0.05) is 43.8 Å². The van der Waals surface area contributed by atoms with Crippen LogP contribution in [0.3, 0.4) is 0 Å². The molecule has 126 valence electrons. The van der Waals surface area contributed by atoms with Crippen molar-refractivity contribution in [1.29, 1.82) is 0 Å². The fraction of sp³-hybridized carbons (Fsp3) is 0.706. The molecule has 2 unspecified atom stereocenters. The smallest absolute Gasteiger partial charge is 0.228 e. The summed E-state index contributed by atoms with van der Waals surface area (Å²) in [5, 5.41) is 0. The summed E-state index contributed by atoms with van der Waals surface area (Å²) in [7, 11) is 0. The topological polar surface area (TPSA) is 80.5 Å². The van der Waals surface area contributed by atoms with Crippen LogP contribution >= 0.6 is 0 Å². The van der Waals surface area contributed by atoms with Crippen molar-refractivity contribution in [2.75, 3.05) is 6.54 Å². The number of amides is 1. The Hall–Kier alpha value is -1.49. The lowest BCUT2D eigenvalue weighted by atomic mass is 10.0. The molecule has 0 bridgehead atoms. The number of nitrogens with two attached hydrogens (primary N) is 1. The molecule has 0 aromatic rings. The third kappa shape index (κ3) is 5.37. The SMILES string of the molecule is C=C1C(C)CC(=O)N1C(CN)C(=O)CCCC(=O)CC.CC. The van der Waals surface area contributed by atoms with Crippen LogP contribution in [0.25, 0.3) is 0 Å². The molecule has 0 saturated carbocycles. The molecule has 0 aliphatic carbocycles. The molecular formula is C17H30N2O3. The average Bonchev–Trinajstić information content (AvgIpc) is 2.76. The fourth-order valence-corrected chi connectivity index (χ4v) is 2.43. The van der Waals surface area contributed by atoms with E-state index in [1.165, 1.54) is 4.90 Å². The van der Waals surface area contributed by atoms with Gasteiger partial charge < -0.3 is 10.6 Å². The largest absolute Gasteiger partial charge is 0.328 e. The third-order valence-electron chi connectivity index (χ3n) is 3.81. The van der Waals surface area contributed by atoms with Crippen molar-refractivity contribution < 1.29 is 14.4 Å². The number of likely N-dealkylation sites (tertiary alicyclic amines) is 1. The second kappa shape index (κ2) is 10.3. The first-order valence-corrected chi connectivity index (χ1v) is 8.17. The van der Waals surface area contributed by atoms with Crippen LogP contribution < -0.4 is 5.73 Å². The molecule has 0 radical (unpaired) electrons. The maximum Gasteiger partial charge on any atom is 0.228 e. The Labute approximate surface area is 133 Å². The number of hydrogen-bond acceptors (Lipinski definition) is 4. The molecule has 1 saturated heterocycles. The van der Waals surface area contributed by atoms with E-state index < -0.39 is 6.04 Å². The van der Waals surface area contributed by atoms with E-state index in [9.17, 15) is 14.4 Å². The number of carbonyl (C=O) groups is 3. The molecule has 1 aliphatic rings. The summed E-state index contributed by atoms with van der Waals surface area (Å²) < 4.78 is 0. The molecule has 2 atom stereocenters. The van der Waals surface area contributed by atoms with E-state index in [1.807, 2.05) is 20.8 Å². The van der Waals surface area contributed by atoms with Gasteiger partial charge in [-0.05, 0) is 6.42 Å². The number of hydrogen-bond donors (Lipinski definition) is 1. The van der Waals surface area contributed by atoms with Crippen molar-refractivity contribution in [1.82, 2.24) is 4.90 Å². The van der Waals surface area contributed by atoms with E-state index in [4.69, 9.17) is 5.73 Å². The van der Waals surface area contributed by atoms with Crippen molar-refractivity contribution in [3.05, 3.63) is 12.3 Å². The Kier molecular flexibility index (Phi) is 9.58. The van der Waals surface area contributed by atoms with Crippen LogP contribution in [-0.4, -0.2) is 35.0 Å². The maximum absolute atomic E-state index is 12.2. The highest BCUT2D eigenvalue weighted by molar-refractivity contribution is 5.92. The summed E-state index contributed by atoms with van der Waals surface area (Å²) in [6.07, 6.45) is 2.08. The van der Waals surface area contributed by atoms with Gasteiger partial charge in [-0.1, -0.05) is 34.3 Å². The summed E-state index contributed by atoms with van der Waals surface area (Å²) in [5.41, 5.74) is 6.33. The standard InChI is InChI=1S/C15H24N2O3.C2H6/c1-4-12(18)6-5-7-14(19)13(9-16)17-11(3)10(2)8-15(17)20;1-2/h10,13H,3-9,16H2,1-2H3;1-2H3. The number of nitrogens with zero attached hydrogens (tertiary/aromatic N) is 1. The van der Waals surface area contributed by atoms with Crippen molar-refractivity contribution in [3.63, 3.8) is 0 Å². The first-order valence-electron chi connectivity index (χ1n) is 8.17. The van der Waals surface area contributed by atoms with Crippen molar-refractivity contribution in [2.45, 2.75) is 65.8 Å². The monoisotopic (exact) mass is 310 g/mol. The second-order valence-corrected chi connectivity index (χ2v) is 5.32. The molecule has 1 fully saturated rings. The van der Waals surface area contributed by atoms with Gasteiger partial charge in [0.1, 0.15) is 11.8 Å². The first-order chi connectivity index (χ1) is 10.4. The lowest BCUT2D eigenvalue weighted by molar-refractivity contribution is -0.135. The molecule has 2 N–H and O–H groups in total. The van der Waals surface area contributed by atoms with Gasteiger partial charge in [-0.25, -0.2) is 0 Å². The molecule has 0 aromatic heterocycles. The summed E-state index contributed by atoms with van der Waals surface area (Å²) in [4.78, 5) is 36.8. The van der Waals surface area contributed by atoms with Gasteiger partial charge in [0.25, 0.3) is 0 Å². The first kappa shape index (κ1) is 20.5. The summed E-state index contributed by atoms with van der Waals surface area (Å²) in [6, 6.07) is -0.628. The molecule has 0 spiro atoms. The van der Waals surface area contributed by atoms with Crippen molar-refractivity contribution in [2.24, 2.45) is 11.7 Å². The second-order valence-electron chi connectivity index (χ2n) is 5.32. The number of carbonyl (C=O) groups excluding carboxylic acids is 3. The van der Waals surface area contributed by atoms with E-state index in [2.05, 4.69) is 6.58 Å². The van der Waals surface area contributed by atoms with Crippen molar-refractivity contribution >= 4 is 17.5 Å². The van der Waals surface area contributed by atoms with Gasteiger partial charge in [-0.15, -0.1) is 0 Å². The summed E-state index contributed by atoms with van der Waals surface area (Å²) >= 11 is 0. The Balaban J connectivity index is 0.00000211. The highest BCUT2D eigenvalue weighted by Gasteiger charge is 2.37. The van der Waals surface area contributed by atoms with Gasteiger partial charge in [0.2, 0.25) is 5.91 Å². The predicted octanol–water partition coefficient (Wildman–Crippen LogP) is 2.44. The fourth-order valence-electron chi connectivity index (χ4n) is 2.43. The zero-order valence-corrected chi connectivity index (χ0v) is 14.4. The minimum absolute atomic E-state index is 0.0611.